The first-order chi connectivity index (χ1) is 10.6. The summed E-state index contributed by atoms with van der Waals surface area (Å²) in [6, 6.07) is 7.17. The second-order valence-electron chi connectivity index (χ2n) is 4.96. The van der Waals surface area contributed by atoms with Crippen molar-refractivity contribution in [2.24, 2.45) is 0 Å². The topological polar surface area (TPSA) is 92.9 Å². The summed E-state index contributed by atoms with van der Waals surface area (Å²) in [5.74, 6) is -1.15. The maximum atomic E-state index is 12.6. The first-order valence-corrected chi connectivity index (χ1v) is 6.77. The molecular formula is C15H14N2O5. The molecule has 1 aliphatic heterocycles. The van der Waals surface area contributed by atoms with Crippen LogP contribution in [0.3, 0.4) is 0 Å². The van der Waals surface area contributed by atoms with Crippen LogP contribution in [0.2, 0.25) is 0 Å². The molecule has 1 aliphatic rings. The third-order valence-corrected chi connectivity index (χ3v) is 3.45. The Morgan fingerprint density at radius 3 is 2.82 bits per heavy atom. The second-order valence-corrected chi connectivity index (χ2v) is 4.96. The van der Waals surface area contributed by atoms with Crippen LogP contribution in [-0.2, 0) is 4.79 Å². The number of aryl methyl sites for hydroxylation is 1. The lowest BCUT2D eigenvalue weighted by Crippen LogP contribution is -2.39. The van der Waals surface area contributed by atoms with E-state index in [1.807, 2.05) is 0 Å². The number of carbonyl (C=O) groups is 2. The van der Waals surface area contributed by atoms with Gasteiger partial charge in [0.15, 0.2) is 6.04 Å². The van der Waals surface area contributed by atoms with Crippen molar-refractivity contribution in [1.29, 1.82) is 0 Å². The van der Waals surface area contributed by atoms with Gasteiger partial charge >= 0.3 is 5.97 Å². The summed E-state index contributed by atoms with van der Waals surface area (Å²) in [5.41, 5.74) is 0.999. The number of aliphatic carboxylic acids is 1. The lowest BCUT2D eigenvalue weighted by molar-refractivity contribution is -0.142. The van der Waals surface area contributed by atoms with E-state index in [2.05, 4.69) is 5.16 Å². The lowest BCUT2D eigenvalue weighted by Gasteiger charge is -2.25. The fourth-order valence-corrected chi connectivity index (χ4v) is 2.48. The number of carboxylic acid groups (broad SMARTS) is 1. The Morgan fingerprint density at radius 1 is 1.36 bits per heavy atom. The zero-order valence-electron chi connectivity index (χ0n) is 11.9. The number of carbonyl (C=O) groups excluding carboxylic acids is 1. The molecule has 0 aliphatic carbocycles. The van der Waals surface area contributed by atoms with Crippen molar-refractivity contribution in [3.63, 3.8) is 0 Å². The molecule has 3 rings (SSSR count). The lowest BCUT2D eigenvalue weighted by atomic mass is 10.0. The van der Waals surface area contributed by atoms with Gasteiger partial charge in [0.1, 0.15) is 12.4 Å². The summed E-state index contributed by atoms with van der Waals surface area (Å²) in [4.78, 5) is 25.5. The second kappa shape index (κ2) is 5.51. The highest BCUT2D eigenvalue weighted by Gasteiger charge is 2.36. The molecule has 1 aromatic heterocycles. The molecule has 1 unspecified atom stereocenters. The van der Waals surface area contributed by atoms with E-state index in [1.165, 1.54) is 11.0 Å². The highest BCUT2D eigenvalue weighted by Crippen LogP contribution is 2.33. The van der Waals surface area contributed by atoms with Crippen LogP contribution in [0.1, 0.15) is 27.9 Å². The zero-order valence-corrected chi connectivity index (χ0v) is 11.9. The van der Waals surface area contributed by atoms with E-state index in [0.717, 1.165) is 0 Å². The number of hydrogen-bond acceptors (Lipinski definition) is 5. The van der Waals surface area contributed by atoms with Gasteiger partial charge in [0.05, 0.1) is 12.2 Å². The van der Waals surface area contributed by atoms with Crippen molar-refractivity contribution in [3.8, 4) is 5.75 Å². The molecule has 7 heteroatoms. The highest BCUT2D eigenvalue weighted by atomic mass is 16.5. The largest absolute Gasteiger partial charge is 0.491 e. The molecule has 0 bridgehead atoms. The molecule has 0 fully saturated rings. The predicted molar refractivity (Wildman–Crippen MR) is 74.6 cm³/mol. The monoisotopic (exact) mass is 302 g/mol. The first kappa shape index (κ1) is 14.1. The Kier molecular flexibility index (Phi) is 3.54. The number of hydrogen-bond donors (Lipinski definition) is 1. The number of fused-ring (bicyclic) bond motifs is 1. The Labute approximate surface area is 126 Å². The van der Waals surface area contributed by atoms with Gasteiger partial charge in [-0.2, -0.15) is 0 Å². The molecule has 1 aromatic carbocycles. The number of amides is 1. The molecule has 0 saturated carbocycles. The van der Waals surface area contributed by atoms with Crippen LogP contribution < -0.4 is 4.74 Å². The standard InChI is InChI=1S/C15H14N2O5/c1-9-8-12(22-16-9)14(18)17-6-7-21-11-5-3-2-4-10(11)13(17)15(19)20/h2-5,8,13H,6-7H2,1H3,(H,19,20). The fourth-order valence-electron chi connectivity index (χ4n) is 2.48. The molecule has 1 atom stereocenters. The normalized spacial score (nSPS) is 17.3. The minimum absolute atomic E-state index is 0.0168. The van der Waals surface area contributed by atoms with Crippen LogP contribution >= 0.6 is 0 Å². The van der Waals surface area contributed by atoms with Crippen LogP contribution in [0.25, 0.3) is 0 Å². The minimum Gasteiger partial charge on any atom is -0.491 e. The zero-order chi connectivity index (χ0) is 15.7. The highest BCUT2D eigenvalue weighted by molar-refractivity contribution is 5.95. The maximum absolute atomic E-state index is 12.6. The molecular weight excluding hydrogens is 288 g/mol. The number of carboxylic acids is 1. The summed E-state index contributed by atoms with van der Waals surface area (Å²) in [6.45, 7) is 2.04. The number of rotatable bonds is 2. The van der Waals surface area contributed by atoms with E-state index < -0.39 is 17.9 Å². The molecule has 0 spiro atoms. The van der Waals surface area contributed by atoms with Crippen molar-refractivity contribution in [3.05, 3.63) is 47.3 Å². The molecule has 2 aromatic rings. The number of nitrogens with zero attached hydrogens (tertiary/aromatic N) is 2. The quantitative estimate of drug-likeness (QED) is 0.906. The van der Waals surface area contributed by atoms with E-state index >= 15 is 0 Å². The van der Waals surface area contributed by atoms with Crippen molar-refractivity contribution in [1.82, 2.24) is 10.1 Å². The number of aromatic nitrogens is 1. The Bertz CT molecular complexity index is 724. The molecule has 7 nitrogen and oxygen atoms in total. The van der Waals surface area contributed by atoms with E-state index in [4.69, 9.17) is 9.26 Å². The van der Waals surface area contributed by atoms with Gasteiger partial charge in [0, 0.05) is 11.6 Å². The molecule has 1 N–H and O–H groups in total. The van der Waals surface area contributed by atoms with Crippen LogP contribution in [0.5, 0.6) is 5.75 Å². The van der Waals surface area contributed by atoms with Gasteiger partial charge in [-0.15, -0.1) is 0 Å². The Balaban J connectivity index is 2.03. The minimum atomic E-state index is -1.13. The Morgan fingerprint density at radius 2 is 2.14 bits per heavy atom. The number of ether oxygens (including phenoxy) is 1. The third kappa shape index (κ3) is 2.41. The van der Waals surface area contributed by atoms with Gasteiger partial charge in [-0.05, 0) is 13.0 Å². The molecule has 22 heavy (non-hydrogen) atoms. The average Bonchev–Trinajstić information content (AvgIpc) is 2.83. The smallest absolute Gasteiger partial charge is 0.331 e. The van der Waals surface area contributed by atoms with Crippen LogP contribution in [0.15, 0.2) is 34.9 Å². The van der Waals surface area contributed by atoms with E-state index in [9.17, 15) is 14.7 Å². The SMILES string of the molecule is Cc1cc(C(=O)N2CCOc3ccccc3C2C(=O)O)on1. The molecule has 0 saturated heterocycles. The van der Waals surface area contributed by atoms with Crippen molar-refractivity contribution < 1.29 is 24.0 Å². The molecule has 0 radical (unpaired) electrons. The summed E-state index contributed by atoms with van der Waals surface area (Å²) in [5, 5.41) is 13.3. The van der Waals surface area contributed by atoms with Gasteiger partial charge in [-0.1, -0.05) is 23.4 Å². The van der Waals surface area contributed by atoms with Gasteiger partial charge in [-0.25, -0.2) is 4.79 Å². The van der Waals surface area contributed by atoms with E-state index in [-0.39, 0.29) is 18.9 Å². The summed E-state index contributed by atoms with van der Waals surface area (Å²) >= 11 is 0. The summed E-state index contributed by atoms with van der Waals surface area (Å²) in [6.07, 6.45) is 0. The van der Waals surface area contributed by atoms with Crippen LogP contribution in [0, 0.1) is 6.92 Å². The van der Waals surface area contributed by atoms with E-state index in [0.29, 0.717) is 17.0 Å². The van der Waals surface area contributed by atoms with Crippen LogP contribution in [0.4, 0.5) is 0 Å². The molecule has 2 heterocycles. The van der Waals surface area contributed by atoms with E-state index in [1.54, 1.807) is 31.2 Å². The van der Waals surface area contributed by atoms with Crippen LogP contribution in [-0.4, -0.2) is 40.2 Å². The van der Waals surface area contributed by atoms with Gasteiger partial charge in [-0.3, -0.25) is 4.79 Å². The molecule has 114 valence electrons. The number of benzene rings is 1. The van der Waals surface area contributed by atoms with Gasteiger partial charge in [0.2, 0.25) is 5.76 Å². The first-order valence-electron chi connectivity index (χ1n) is 6.77. The predicted octanol–water partition coefficient (Wildman–Crippen LogP) is 1.64. The molecule has 1 amide bonds. The summed E-state index contributed by atoms with van der Waals surface area (Å²) in [7, 11) is 0. The maximum Gasteiger partial charge on any atom is 0.331 e. The average molecular weight is 302 g/mol. The number of para-hydroxylation sites is 1. The van der Waals surface area contributed by atoms with Crippen molar-refractivity contribution in [2.75, 3.05) is 13.2 Å². The summed E-state index contributed by atoms with van der Waals surface area (Å²) < 4.78 is 10.5. The van der Waals surface area contributed by atoms with Gasteiger partial charge in [0.25, 0.3) is 5.91 Å². The van der Waals surface area contributed by atoms with Crippen molar-refractivity contribution >= 4 is 11.9 Å². The van der Waals surface area contributed by atoms with Gasteiger partial charge < -0.3 is 19.3 Å². The van der Waals surface area contributed by atoms with Crippen molar-refractivity contribution in [2.45, 2.75) is 13.0 Å². The Hall–Kier alpha value is -2.83. The fraction of sp³-hybridized carbons (Fsp3) is 0.267. The third-order valence-electron chi connectivity index (χ3n) is 3.45.